The molecule has 1 atom stereocenters. The van der Waals surface area contributed by atoms with E-state index < -0.39 is 12.8 Å². The highest BCUT2D eigenvalue weighted by Gasteiger charge is 2.29. The van der Waals surface area contributed by atoms with E-state index in [1.807, 2.05) is 39.4 Å². The van der Waals surface area contributed by atoms with Crippen LogP contribution >= 0.6 is 24.0 Å². The van der Waals surface area contributed by atoms with Crippen LogP contribution in [0.3, 0.4) is 0 Å². The molecule has 11 heteroatoms. The number of halogens is 4. The lowest BCUT2D eigenvalue weighted by Crippen LogP contribution is -2.43. The molecule has 0 aliphatic carbocycles. The number of aromatic nitrogens is 3. The summed E-state index contributed by atoms with van der Waals surface area (Å²) in [5.41, 5.74) is 3.77. The molecule has 0 radical (unpaired) electrons. The number of nitrogens with zero attached hydrogens (tertiary/aromatic N) is 4. The summed E-state index contributed by atoms with van der Waals surface area (Å²) in [5.74, 6) is 0.499. The number of nitrogens with one attached hydrogen (secondary N) is 2. The number of ether oxygens (including phenoxy) is 1. The van der Waals surface area contributed by atoms with Gasteiger partial charge in [0.1, 0.15) is 0 Å². The molecule has 0 saturated heterocycles. The van der Waals surface area contributed by atoms with Gasteiger partial charge in [0.2, 0.25) is 5.88 Å². The van der Waals surface area contributed by atoms with Gasteiger partial charge in [0.25, 0.3) is 0 Å². The summed E-state index contributed by atoms with van der Waals surface area (Å²) in [6, 6.07) is 3.36. The largest absolute Gasteiger partial charge is 0.468 e. The van der Waals surface area contributed by atoms with Gasteiger partial charge in [-0.15, -0.1) is 24.0 Å². The topological polar surface area (TPSA) is 76.4 Å². The lowest BCUT2D eigenvalue weighted by Gasteiger charge is -2.18. The molecule has 0 bridgehead atoms. The van der Waals surface area contributed by atoms with Crippen molar-refractivity contribution in [3.63, 3.8) is 0 Å². The Kier molecular flexibility index (Phi) is 10.5. The van der Waals surface area contributed by atoms with E-state index in [0.29, 0.717) is 18.1 Å². The van der Waals surface area contributed by atoms with Crippen molar-refractivity contribution in [2.45, 2.75) is 52.9 Å². The third-order valence-electron chi connectivity index (χ3n) is 4.53. The number of alkyl halides is 3. The van der Waals surface area contributed by atoms with E-state index in [-0.39, 0.29) is 42.4 Å². The van der Waals surface area contributed by atoms with E-state index in [9.17, 15) is 13.2 Å². The fourth-order valence-corrected chi connectivity index (χ4v) is 3.01. The monoisotopic (exact) mass is 554 g/mol. The minimum absolute atomic E-state index is 0. The lowest BCUT2D eigenvalue weighted by molar-refractivity contribution is -0.154. The van der Waals surface area contributed by atoms with Crippen LogP contribution in [0.1, 0.15) is 36.4 Å². The fraction of sp³-hybridized carbons (Fsp3) is 0.550. The van der Waals surface area contributed by atoms with Crippen molar-refractivity contribution < 1.29 is 17.9 Å². The molecule has 0 spiro atoms. The second-order valence-corrected chi connectivity index (χ2v) is 7.09. The average Bonchev–Trinajstić information content (AvgIpc) is 2.90. The molecule has 31 heavy (non-hydrogen) atoms. The highest BCUT2D eigenvalue weighted by Crippen LogP contribution is 2.20. The normalized spacial score (nSPS) is 12.8. The summed E-state index contributed by atoms with van der Waals surface area (Å²) in [4.78, 5) is 8.40. The highest BCUT2D eigenvalue weighted by molar-refractivity contribution is 14.0. The van der Waals surface area contributed by atoms with Crippen molar-refractivity contribution in [3.05, 3.63) is 40.8 Å². The van der Waals surface area contributed by atoms with E-state index in [0.717, 1.165) is 17.8 Å². The number of hydrogen-bond donors (Lipinski definition) is 2. The minimum atomic E-state index is -4.42. The molecule has 174 valence electrons. The van der Waals surface area contributed by atoms with Crippen LogP contribution in [0, 0.1) is 13.8 Å². The lowest BCUT2D eigenvalue weighted by atomic mass is 10.1. The summed E-state index contributed by atoms with van der Waals surface area (Å²) < 4.78 is 44.1. The van der Waals surface area contributed by atoms with Crippen molar-refractivity contribution in [1.82, 2.24) is 25.4 Å². The van der Waals surface area contributed by atoms with Crippen LogP contribution < -0.4 is 15.4 Å². The van der Waals surface area contributed by atoms with Gasteiger partial charge in [0.05, 0.1) is 12.2 Å². The van der Waals surface area contributed by atoms with Gasteiger partial charge in [-0.3, -0.25) is 4.68 Å². The van der Waals surface area contributed by atoms with Crippen molar-refractivity contribution in [1.29, 1.82) is 0 Å². The number of aryl methyl sites for hydroxylation is 2. The second-order valence-electron chi connectivity index (χ2n) is 7.09. The maximum atomic E-state index is 12.5. The Balaban J connectivity index is 0.00000480. The molecule has 0 aromatic carbocycles. The molecular weight excluding hydrogens is 524 g/mol. The molecule has 0 aliphatic heterocycles. The van der Waals surface area contributed by atoms with Crippen LogP contribution in [0.25, 0.3) is 0 Å². The zero-order chi connectivity index (χ0) is 22.3. The molecule has 2 N–H and O–H groups in total. The first-order valence-electron chi connectivity index (χ1n) is 9.78. The Morgan fingerprint density at radius 2 is 2.03 bits per heavy atom. The molecule has 2 aromatic rings. The van der Waals surface area contributed by atoms with Crippen molar-refractivity contribution in [3.8, 4) is 5.88 Å². The minimum Gasteiger partial charge on any atom is -0.468 e. The second kappa shape index (κ2) is 12.1. The van der Waals surface area contributed by atoms with Gasteiger partial charge >= 0.3 is 6.18 Å². The third-order valence-corrected chi connectivity index (χ3v) is 4.53. The van der Waals surface area contributed by atoms with Gasteiger partial charge in [-0.25, -0.2) is 9.98 Å². The number of aliphatic imine (C=N–C) groups is 1. The quantitative estimate of drug-likeness (QED) is 0.296. The van der Waals surface area contributed by atoms with Crippen molar-refractivity contribution in [2.24, 2.45) is 12.0 Å². The molecule has 0 amide bonds. The molecule has 2 rings (SSSR count). The Hall–Kier alpha value is -2.05. The first-order valence-corrected chi connectivity index (χ1v) is 9.78. The van der Waals surface area contributed by atoms with Crippen LogP contribution in [0.2, 0.25) is 0 Å². The Morgan fingerprint density at radius 1 is 1.32 bits per heavy atom. The number of rotatable bonds is 8. The van der Waals surface area contributed by atoms with Crippen LogP contribution in [0.4, 0.5) is 13.2 Å². The van der Waals surface area contributed by atoms with Gasteiger partial charge in [-0.1, -0.05) is 6.07 Å². The number of hydrogen-bond acceptors (Lipinski definition) is 4. The summed E-state index contributed by atoms with van der Waals surface area (Å²) in [6.07, 6.45) is -2.27. The maximum absolute atomic E-state index is 12.5. The maximum Gasteiger partial charge on any atom is 0.422 e. The Morgan fingerprint density at radius 3 is 2.61 bits per heavy atom. The van der Waals surface area contributed by atoms with Gasteiger partial charge in [0, 0.05) is 37.1 Å². The van der Waals surface area contributed by atoms with Crippen LogP contribution in [0.15, 0.2) is 23.3 Å². The molecule has 0 saturated carbocycles. The highest BCUT2D eigenvalue weighted by atomic mass is 127. The first kappa shape index (κ1) is 27.0. The first-order chi connectivity index (χ1) is 14.1. The summed E-state index contributed by atoms with van der Waals surface area (Å²) in [7, 11) is 1.92. The fourth-order valence-electron chi connectivity index (χ4n) is 3.01. The number of guanidine groups is 1. The van der Waals surface area contributed by atoms with Gasteiger partial charge in [0.15, 0.2) is 12.6 Å². The van der Waals surface area contributed by atoms with Crippen LogP contribution in [0.5, 0.6) is 5.88 Å². The predicted molar refractivity (Wildman–Crippen MR) is 125 cm³/mol. The Bertz CT molecular complexity index is 869. The SMILES string of the molecule is CCNC(=NCc1cccnc1OCC(F)(F)F)NC(C)Cc1c(C)nn(C)c1C.I. The van der Waals surface area contributed by atoms with E-state index in [1.165, 1.54) is 11.8 Å². The standard InChI is InChI=1S/C20H29F3N6O.HI/c1-6-24-19(27-13(2)10-17-14(3)28-29(5)15(17)4)26-11-16-8-7-9-25-18(16)30-12-20(21,22)23;/h7-9,13H,6,10-12H2,1-5H3,(H2,24,26,27);1H. The van der Waals surface area contributed by atoms with Gasteiger partial charge in [-0.05, 0) is 45.7 Å². The van der Waals surface area contributed by atoms with E-state index in [1.54, 1.807) is 12.1 Å². The third kappa shape index (κ3) is 8.54. The molecule has 0 aliphatic rings. The van der Waals surface area contributed by atoms with Crippen LogP contribution in [-0.2, 0) is 20.0 Å². The Labute approximate surface area is 197 Å². The van der Waals surface area contributed by atoms with E-state index in [4.69, 9.17) is 4.74 Å². The van der Waals surface area contributed by atoms with Crippen LogP contribution in [-0.4, -0.2) is 46.1 Å². The summed E-state index contributed by atoms with van der Waals surface area (Å²) >= 11 is 0. The predicted octanol–water partition coefficient (Wildman–Crippen LogP) is 3.68. The van der Waals surface area contributed by atoms with Gasteiger partial charge < -0.3 is 15.4 Å². The zero-order valence-electron chi connectivity index (χ0n) is 18.4. The van der Waals surface area contributed by atoms with E-state index in [2.05, 4.69) is 25.7 Å². The van der Waals surface area contributed by atoms with Gasteiger partial charge in [-0.2, -0.15) is 18.3 Å². The summed E-state index contributed by atoms with van der Waals surface area (Å²) in [6.45, 7) is 7.40. The number of pyridine rings is 1. The molecular formula is C20H30F3IN6O. The molecule has 2 aromatic heterocycles. The average molecular weight is 554 g/mol. The smallest absolute Gasteiger partial charge is 0.422 e. The van der Waals surface area contributed by atoms with Crippen molar-refractivity contribution >= 4 is 29.9 Å². The zero-order valence-corrected chi connectivity index (χ0v) is 20.7. The molecule has 7 nitrogen and oxygen atoms in total. The molecule has 2 heterocycles. The summed E-state index contributed by atoms with van der Waals surface area (Å²) in [5, 5.41) is 10.9. The molecule has 0 fully saturated rings. The van der Waals surface area contributed by atoms with Crippen molar-refractivity contribution in [2.75, 3.05) is 13.2 Å². The molecule has 1 unspecified atom stereocenters. The van der Waals surface area contributed by atoms with E-state index >= 15 is 0 Å².